The average molecular weight is 276 g/mol. The Balaban J connectivity index is 2.30. The van der Waals surface area contributed by atoms with Gasteiger partial charge in [-0.15, -0.1) is 0 Å². The molecule has 0 saturated carbocycles. The molecule has 0 aliphatic heterocycles. The van der Waals surface area contributed by atoms with Crippen molar-refractivity contribution in [1.29, 1.82) is 0 Å². The van der Waals surface area contributed by atoms with Crippen molar-refractivity contribution in [3.63, 3.8) is 0 Å². The number of aryl methyl sites for hydroxylation is 1. The molecule has 1 N–H and O–H groups in total. The van der Waals surface area contributed by atoms with Gasteiger partial charge >= 0.3 is 0 Å². The zero-order valence-corrected chi connectivity index (χ0v) is 13.7. The number of rotatable bonds is 10. The zero-order valence-electron chi connectivity index (χ0n) is 13.7. The van der Waals surface area contributed by atoms with E-state index in [-0.39, 0.29) is 0 Å². The maximum atomic E-state index is 10.0. The van der Waals surface area contributed by atoms with E-state index in [2.05, 4.69) is 20.8 Å². The normalized spacial score (nSPS) is 10.9. The van der Waals surface area contributed by atoms with Gasteiger partial charge in [-0.25, -0.2) is 0 Å². The van der Waals surface area contributed by atoms with Crippen LogP contribution < -0.4 is 0 Å². The van der Waals surface area contributed by atoms with E-state index in [1.54, 1.807) is 0 Å². The first-order valence-corrected chi connectivity index (χ1v) is 8.51. The average Bonchev–Trinajstić information content (AvgIpc) is 2.45. The van der Waals surface area contributed by atoms with E-state index in [4.69, 9.17) is 0 Å². The molecular formula is C19H32O. The Kier molecular flexibility index (Phi) is 8.41. The van der Waals surface area contributed by atoms with E-state index in [0.29, 0.717) is 5.75 Å². The van der Waals surface area contributed by atoms with E-state index in [9.17, 15) is 5.11 Å². The Morgan fingerprint density at radius 1 is 0.800 bits per heavy atom. The standard InChI is InChI=1S/C19H32O/c1-4-6-7-8-9-10-11-12-13-18-17(5-2)16(3)14-15-19(18)20/h14-15,20H,4-13H2,1-3H3. The molecule has 0 heterocycles. The van der Waals surface area contributed by atoms with E-state index < -0.39 is 0 Å². The van der Waals surface area contributed by atoms with Gasteiger partial charge in [0.05, 0.1) is 0 Å². The summed E-state index contributed by atoms with van der Waals surface area (Å²) in [5.74, 6) is 0.496. The maximum Gasteiger partial charge on any atom is 0.119 e. The number of phenols is 1. The monoisotopic (exact) mass is 276 g/mol. The first-order valence-electron chi connectivity index (χ1n) is 8.51. The van der Waals surface area contributed by atoms with Gasteiger partial charge < -0.3 is 5.11 Å². The maximum absolute atomic E-state index is 10.0. The van der Waals surface area contributed by atoms with Crippen LogP contribution in [0.3, 0.4) is 0 Å². The smallest absolute Gasteiger partial charge is 0.119 e. The third kappa shape index (κ3) is 5.56. The molecule has 1 aromatic carbocycles. The number of unbranched alkanes of at least 4 members (excludes halogenated alkanes) is 7. The van der Waals surface area contributed by atoms with Gasteiger partial charge in [0.25, 0.3) is 0 Å². The third-order valence-electron chi connectivity index (χ3n) is 4.27. The van der Waals surface area contributed by atoms with Gasteiger partial charge in [-0.2, -0.15) is 0 Å². The summed E-state index contributed by atoms with van der Waals surface area (Å²) in [6.07, 6.45) is 12.8. The highest BCUT2D eigenvalue weighted by molar-refractivity contribution is 5.44. The SMILES string of the molecule is CCCCCCCCCCc1c(O)ccc(C)c1CC. The lowest BCUT2D eigenvalue weighted by Crippen LogP contribution is -1.97. The first kappa shape index (κ1) is 17.1. The van der Waals surface area contributed by atoms with Gasteiger partial charge in [-0.1, -0.05) is 64.9 Å². The molecule has 1 heteroatoms. The summed E-state index contributed by atoms with van der Waals surface area (Å²) in [7, 11) is 0. The van der Waals surface area contributed by atoms with Crippen molar-refractivity contribution in [3.8, 4) is 5.75 Å². The van der Waals surface area contributed by atoms with Crippen LogP contribution in [0.1, 0.15) is 81.9 Å². The molecule has 114 valence electrons. The Hall–Kier alpha value is -0.980. The van der Waals surface area contributed by atoms with Crippen LogP contribution in [0.2, 0.25) is 0 Å². The minimum absolute atomic E-state index is 0.496. The minimum atomic E-state index is 0.496. The summed E-state index contributed by atoms with van der Waals surface area (Å²) >= 11 is 0. The molecule has 1 aromatic rings. The van der Waals surface area contributed by atoms with Crippen LogP contribution in [-0.4, -0.2) is 5.11 Å². The lowest BCUT2D eigenvalue weighted by Gasteiger charge is -2.13. The van der Waals surface area contributed by atoms with Crippen LogP contribution in [0.15, 0.2) is 12.1 Å². The van der Waals surface area contributed by atoms with Gasteiger partial charge in [0, 0.05) is 0 Å². The summed E-state index contributed by atoms with van der Waals surface area (Å²) in [4.78, 5) is 0. The predicted molar refractivity (Wildman–Crippen MR) is 88.5 cm³/mol. The molecule has 0 aromatic heterocycles. The van der Waals surface area contributed by atoms with Crippen LogP contribution in [0.25, 0.3) is 0 Å². The molecule has 0 aliphatic carbocycles. The van der Waals surface area contributed by atoms with Gasteiger partial charge in [-0.05, 0) is 48.9 Å². The summed E-state index contributed by atoms with van der Waals surface area (Å²) in [6, 6.07) is 3.89. The second kappa shape index (κ2) is 9.85. The van der Waals surface area contributed by atoms with E-state index >= 15 is 0 Å². The van der Waals surface area contributed by atoms with Gasteiger partial charge in [-0.3, -0.25) is 0 Å². The molecule has 1 nitrogen and oxygen atoms in total. The quantitative estimate of drug-likeness (QED) is 0.524. The van der Waals surface area contributed by atoms with Crippen LogP contribution in [0.5, 0.6) is 5.75 Å². The molecule has 0 aliphatic rings. The molecule has 0 saturated heterocycles. The minimum Gasteiger partial charge on any atom is -0.508 e. The molecule has 0 bridgehead atoms. The van der Waals surface area contributed by atoms with Gasteiger partial charge in [0.1, 0.15) is 5.75 Å². The zero-order chi connectivity index (χ0) is 14.8. The van der Waals surface area contributed by atoms with E-state index in [1.165, 1.54) is 68.1 Å². The van der Waals surface area contributed by atoms with Gasteiger partial charge in [0.2, 0.25) is 0 Å². The molecule has 0 spiro atoms. The number of benzene rings is 1. The highest BCUT2D eigenvalue weighted by atomic mass is 16.3. The number of aromatic hydroxyl groups is 1. The summed E-state index contributed by atoms with van der Waals surface area (Å²) < 4.78 is 0. The molecule has 0 fully saturated rings. The van der Waals surface area contributed by atoms with Crippen molar-refractivity contribution < 1.29 is 5.11 Å². The Bertz CT molecular complexity index is 382. The van der Waals surface area contributed by atoms with Crippen LogP contribution in [-0.2, 0) is 12.8 Å². The number of phenolic OH excluding ortho intramolecular Hbond substituents is 1. The summed E-state index contributed by atoms with van der Waals surface area (Å²) in [6.45, 7) is 6.59. The van der Waals surface area contributed by atoms with E-state index in [1.807, 2.05) is 12.1 Å². The van der Waals surface area contributed by atoms with Crippen molar-refractivity contribution in [1.82, 2.24) is 0 Å². The second-order valence-corrected chi connectivity index (χ2v) is 5.94. The molecule has 0 unspecified atom stereocenters. The van der Waals surface area contributed by atoms with Crippen LogP contribution in [0, 0.1) is 6.92 Å². The largest absolute Gasteiger partial charge is 0.508 e. The molecule has 0 radical (unpaired) electrons. The third-order valence-corrected chi connectivity index (χ3v) is 4.27. The topological polar surface area (TPSA) is 20.2 Å². The van der Waals surface area contributed by atoms with Crippen molar-refractivity contribution in [2.24, 2.45) is 0 Å². The molecular weight excluding hydrogens is 244 g/mol. The number of hydrogen-bond acceptors (Lipinski definition) is 1. The fourth-order valence-corrected chi connectivity index (χ4v) is 3.00. The Morgan fingerprint density at radius 3 is 2.00 bits per heavy atom. The number of hydrogen-bond donors (Lipinski definition) is 1. The predicted octanol–water partition coefficient (Wildman–Crippen LogP) is 5.95. The summed E-state index contributed by atoms with van der Waals surface area (Å²) in [5.41, 5.74) is 3.87. The second-order valence-electron chi connectivity index (χ2n) is 5.94. The highest BCUT2D eigenvalue weighted by Gasteiger charge is 2.08. The lowest BCUT2D eigenvalue weighted by molar-refractivity contribution is 0.464. The van der Waals surface area contributed by atoms with E-state index in [0.717, 1.165) is 12.8 Å². The Labute approximate surface area is 125 Å². The fraction of sp³-hybridized carbons (Fsp3) is 0.684. The van der Waals surface area contributed by atoms with Crippen LogP contribution in [0.4, 0.5) is 0 Å². The molecule has 20 heavy (non-hydrogen) atoms. The van der Waals surface area contributed by atoms with Gasteiger partial charge in [0.15, 0.2) is 0 Å². The van der Waals surface area contributed by atoms with Crippen molar-refractivity contribution in [3.05, 3.63) is 28.8 Å². The molecule has 0 amide bonds. The fourth-order valence-electron chi connectivity index (χ4n) is 3.00. The Morgan fingerprint density at radius 2 is 1.40 bits per heavy atom. The van der Waals surface area contributed by atoms with Crippen molar-refractivity contribution >= 4 is 0 Å². The molecule has 1 rings (SSSR count). The van der Waals surface area contributed by atoms with Crippen LogP contribution >= 0.6 is 0 Å². The summed E-state index contributed by atoms with van der Waals surface area (Å²) in [5, 5.41) is 10.0. The van der Waals surface area contributed by atoms with Crippen molar-refractivity contribution in [2.75, 3.05) is 0 Å². The van der Waals surface area contributed by atoms with Crippen molar-refractivity contribution in [2.45, 2.75) is 85.0 Å². The molecule has 0 atom stereocenters. The first-order chi connectivity index (χ1) is 9.70. The highest BCUT2D eigenvalue weighted by Crippen LogP contribution is 2.27. The lowest BCUT2D eigenvalue weighted by atomic mass is 9.94.